The van der Waals surface area contributed by atoms with E-state index in [1.165, 1.54) is 27.8 Å². The zero-order valence-corrected chi connectivity index (χ0v) is 10.1. The zero-order chi connectivity index (χ0) is 11.8. The molecule has 0 amide bonds. The number of hydrogen-bond donors (Lipinski definition) is 1. The Balaban J connectivity index is 2.26. The van der Waals surface area contributed by atoms with Crippen molar-refractivity contribution in [2.75, 3.05) is 6.54 Å². The van der Waals surface area contributed by atoms with Gasteiger partial charge in [-0.3, -0.25) is 0 Å². The first-order valence-corrected chi connectivity index (χ1v) is 6.22. The van der Waals surface area contributed by atoms with E-state index in [0.29, 0.717) is 5.92 Å². The van der Waals surface area contributed by atoms with Gasteiger partial charge < -0.3 is 5.73 Å². The summed E-state index contributed by atoms with van der Waals surface area (Å²) in [4.78, 5) is 0. The Labute approximate surface area is 102 Å². The molecule has 1 unspecified atom stereocenters. The lowest BCUT2D eigenvalue weighted by Gasteiger charge is -2.12. The van der Waals surface area contributed by atoms with Crippen LogP contribution in [0.3, 0.4) is 0 Å². The van der Waals surface area contributed by atoms with E-state index in [9.17, 15) is 0 Å². The molecule has 2 N–H and O–H groups in total. The minimum Gasteiger partial charge on any atom is -0.330 e. The maximum absolute atomic E-state index is 5.76. The lowest BCUT2D eigenvalue weighted by molar-refractivity contribution is 0.741. The van der Waals surface area contributed by atoms with Gasteiger partial charge in [0.2, 0.25) is 0 Å². The first kappa shape index (κ1) is 10.5. The maximum Gasteiger partial charge on any atom is 0.0114 e. The van der Waals surface area contributed by atoms with Crippen LogP contribution in [0.5, 0.6) is 0 Å². The van der Waals surface area contributed by atoms with Crippen molar-refractivity contribution in [1.82, 2.24) is 0 Å². The van der Waals surface area contributed by atoms with Gasteiger partial charge in [-0.15, -0.1) is 0 Å². The minimum atomic E-state index is 0.492. The Kier molecular flexibility index (Phi) is 2.49. The first-order valence-electron chi connectivity index (χ1n) is 6.22. The molecule has 1 heteroatoms. The molecular weight excluding hydrogens is 206 g/mol. The molecule has 86 valence electrons. The fourth-order valence-electron chi connectivity index (χ4n) is 3.02. The van der Waals surface area contributed by atoms with Crippen molar-refractivity contribution in [1.29, 1.82) is 0 Å². The van der Waals surface area contributed by atoms with E-state index < -0.39 is 0 Å². The lowest BCUT2D eigenvalue weighted by Crippen LogP contribution is -2.06. The van der Waals surface area contributed by atoms with E-state index >= 15 is 0 Å². The van der Waals surface area contributed by atoms with Crippen LogP contribution in [-0.2, 0) is 0 Å². The third-order valence-corrected chi connectivity index (χ3v) is 3.74. The molecule has 0 aromatic heterocycles. The van der Waals surface area contributed by atoms with Crippen LogP contribution in [0.1, 0.15) is 29.0 Å². The Bertz CT molecular complexity index is 557. The second-order valence-electron chi connectivity index (χ2n) is 4.76. The summed E-state index contributed by atoms with van der Waals surface area (Å²) in [5.74, 6) is 0.492. The second-order valence-corrected chi connectivity index (χ2v) is 4.76. The number of nitrogens with two attached hydrogens (primary N) is 1. The SMILES string of the molecule is Cc1cccc2c1-c1ccccc1C2CCN. The lowest BCUT2D eigenvalue weighted by atomic mass is 9.93. The van der Waals surface area contributed by atoms with Crippen LogP contribution in [0.4, 0.5) is 0 Å². The van der Waals surface area contributed by atoms with Crippen LogP contribution < -0.4 is 5.73 Å². The predicted octanol–water partition coefficient (Wildman–Crippen LogP) is 3.46. The van der Waals surface area contributed by atoms with Gasteiger partial charge in [0.15, 0.2) is 0 Å². The van der Waals surface area contributed by atoms with Crippen molar-refractivity contribution < 1.29 is 0 Å². The number of benzene rings is 2. The third-order valence-electron chi connectivity index (χ3n) is 3.74. The molecule has 1 nitrogen and oxygen atoms in total. The van der Waals surface area contributed by atoms with Crippen molar-refractivity contribution in [3.8, 4) is 11.1 Å². The van der Waals surface area contributed by atoms with Crippen LogP contribution in [-0.4, -0.2) is 6.54 Å². The topological polar surface area (TPSA) is 26.0 Å². The zero-order valence-electron chi connectivity index (χ0n) is 10.1. The van der Waals surface area contributed by atoms with E-state index in [4.69, 9.17) is 5.73 Å². The fraction of sp³-hybridized carbons (Fsp3) is 0.250. The summed E-state index contributed by atoms with van der Waals surface area (Å²) >= 11 is 0. The van der Waals surface area contributed by atoms with Gasteiger partial charge in [-0.25, -0.2) is 0 Å². The molecule has 0 bridgehead atoms. The molecule has 0 aliphatic heterocycles. The number of hydrogen-bond acceptors (Lipinski definition) is 1. The van der Waals surface area contributed by atoms with Crippen LogP contribution in [0.15, 0.2) is 42.5 Å². The van der Waals surface area contributed by atoms with Gasteiger partial charge in [-0.2, -0.15) is 0 Å². The van der Waals surface area contributed by atoms with Crippen LogP contribution in [0, 0.1) is 6.92 Å². The normalized spacial score (nSPS) is 16.7. The Morgan fingerprint density at radius 1 is 1.00 bits per heavy atom. The fourth-order valence-corrected chi connectivity index (χ4v) is 3.02. The Morgan fingerprint density at radius 3 is 2.59 bits per heavy atom. The number of fused-ring (bicyclic) bond motifs is 3. The van der Waals surface area contributed by atoms with E-state index in [1.807, 2.05) is 0 Å². The van der Waals surface area contributed by atoms with Crippen molar-refractivity contribution in [2.45, 2.75) is 19.3 Å². The van der Waals surface area contributed by atoms with Gasteiger partial charge in [0.1, 0.15) is 0 Å². The molecule has 0 heterocycles. The van der Waals surface area contributed by atoms with Gasteiger partial charge in [-0.05, 0) is 47.7 Å². The highest BCUT2D eigenvalue weighted by Gasteiger charge is 2.28. The van der Waals surface area contributed by atoms with Crippen LogP contribution >= 0.6 is 0 Å². The molecule has 0 spiro atoms. The summed E-state index contributed by atoms with van der Waals surface area (Å²) in [6.07, 6.45) is 1.04. The molecule has 3 rings (SSSR count). The molecule has 1 aliphatic rings. The summed E-state index contributed by atoms with van der Waals surface area (Å²) in [5, 5.41) is 0. The highest BCUT2D eigenvalue weighted by atomic mass is 14.5. The van der Waals surface area contributed by atoms with Gasteiger partial charge in [0.25, 0.3) is 0 Å². The first-order chi connectivity index (χ1) is 8.33. The van der Waals surface area contributed by atoms with Gasteiger partial charge >= 0.3 is 0 Å². The Hall–Kier alpha value is -1.60. The monoisotopic (exact) mass is 223 g/mol. The smallest absolute Gasteiger partial charge is 0.0114 e. The number of rotatable bonds is 2. The molecule has 1 aliphatic carbocycles. The average Bonchev–Trinajstić information content (AvgIpc) is 2.66. The third kappa shape index (κ3) is 1.50. The maximum atomic E-state index is 5.76. The quantitative estimate of drug-likeness (QED) is 0.829. The van der Waals surface area contributed by atoms with Gasteiger partial charge in [0.05, 0.1) is 0 Å². The molecule has 0 saturated heterocycles. The average molecular weight is 223 g/mol. The van der Waals surface area contributed by atoms with Gasteiger partial charge in [0, 0.05) is 5.92 Å². The standard InChI is InChI=1S/C16H17N/c1-11-5-4-8-15-13(9-10-17)12-6-2-3-7-14(12)16(11)15/h2-8,13H,9-10,17H2,1H3. The van der Waals surface area contributed by atoms with Crippen molar-refractivity contribution in [2.24, 2.45) is 5.73 Å². The summed E-state index contributed by atoms with van der Waals surface area (Å²) < 4.78 is 0. The van der Waals surface area contributed by atoms with E-state index in [0.717, 1.165) is 13.0 Å². The molecular formula is C16H17N. The molecule has 0 saturated carbocycles. The highest BCUT2D eigenvalue weighted by molar-refractivity contribution is 5.81. The Morgan fingerprint density at radius 2 is 1.76 bits per heavy atom. The highest BCUT2D eigenvalue weighted by Crippen LogP contribution is 2.47. The summed E-state index contributed by atoms with van der Waals surface area (Å²) in [6, 6.07) is 15.3. The molecule has 17 heavy (non-hydrogen) atoms. The largest absolute Gasteiger partial charge is 0.330 e. The van der Waals surface area contributed by atoms with Crippen molar-refractivity contribution >= 4 is 0 Å². The van der Waals surface area contributed by atoms with Crippen molar-refractivity contribution in [3.63, 3.8) is 0 Å². The summed E-state index contributed by atoms with van der Waals surface area (Å²) in [6.45, 7) is 2.94. The molecule has 0 fully saturated rings. The van der Waals surface area contributed by atoms with E-state index in [-0.39, 0.29) is 0 Å². The number of aryl methyl sites for hydroxylation is 1. The van der Waals surface area contributed by atoms with Gasteiger partial charge in [-0.1, -0.05) is 42.5 Å². The van der Waals surface area contributed by atoms with Crippen LogP contribution in [0.2, 0.25) is 0 Å². The second kappa shape index (κ2) is 4.01. The van der Waals surface area contributed by atoms with E-state index in [1.54, 1.807) is 0 Å². The summed E-state index contributed by atoms with van der Waals surface area (Å²) in [7, 11) is 0. The van der Waals surface area contributed by atoms with Crippen molar-refractivity contribution in [3.05, 3.63) is 59.2 Å². The molecule has 1 atom stereocenters. The van der Waals surface area contributed by atoms with Crippen LogP contribution in [0.25, 0.3) is 11.1 Å². The minimum absolute atomic E-state index is 0.492. The van der Waals surface area contributed by atoms with E-state index in [2.05, 4.69) is 49.4 Å². The summed E-state index contributed by atoms with van der Waals surface area (Å²) in [5.41, 5.74) is 12.9. The molecule has 2 aromatic carbocycles. The molecule has 2 aromatic rings. The predicted molar refractivity (Wildman–Crippen MR) is 72.1 cm³/mol. The molecule has 0 radical (unpaired) electrons.